The third-order valence-corrected chi connectivity index (χ3v) is 5.01. The lowest BCUT2D eigenvalue weighted by molar-refractivity contribution is -0.134. The van der Waals surface area contributed by atoms with Crippen LogP contribution in [0, 0.1) is 0 Å². The summed E-state index contributed by atoms with van der Waals surface area (Å²) in [4.78, 5) is 10.4. The molecule has 88 valence electrons. The molecule has 1 rings (SSSR count). The molecule has 0 amide bonds. The normalized spacial score (nSPS) is 28.9. The molecule has 5 nitrogen and oxygen atoms in total. The summed E-state index contributed by atoms with van der Waals surface area (Å²) in [5, 5.41) is 8.94. The van der Waals surface area contributed by atoms with Gasteiger partial charge in [0.2, 0.25) is 10.0 Å². The van der Waals surface area contributed by atoms with E-state index < -0.39 is 21.7 Å². The van der Waals surface area contributed by atoms with Gasteiger partial charge in [-0.3, -0.25) is 4.79 Å². The highest BCUT2D eigenvalue weighted by molar-refractivity contribution is 8.00. The summed E-state index contributed by atoms with van der Waals surface area (Å²) in [7, 11) is -3.63. The van der Waals surface area contributed by atoms with Crippen molar-refractivity contribution >= 4 is 27.8 Å². The zero-order valence-corrected chi connectivity index (χ0v) is 10.3. The van der Waals surface area contributed by atoms with E-state index in [1.165, 1.54) is 4.31 Å². The average Bonchev–Trinajstić information content (AvgIpc) is 1.99. The average molecular weight is 253 g/mol. The monoisotopic (exact) mass is 253 g/mol. The van der Waals surface area contributed by atoms with Gasteiger partial charge in [0, 0.05) is 23.6 Å². The van der Waals surface area contributed by atoms with Gasteiger partial charge in [0.1, 0.15) is 0 Å². The van der Waals surface area contributed by atoms with E-state index in [0.29, 0.717) is 13.1 Å². The standard InChI is InChI=1S/C8H15NO4S2/c1-6-3-9(4-7(2)14-6)15(12,13)5-8(10)11/h6-7H,3-5H2,1-2H3,(H,10,11). The number of nitrogens with zero attached hydrogens (tertiary/aromatic N) is 1. The van der Waals surface area contributed by atoms with Crippen LogP contribution < -0.4 is 0 Å². The van der Waals surface area contributed by atoms with Gasteiger partial charge in [-0.2, -0.15) is 16.1 Å². The second-order valence-corrected chi connectivity index (χ2v) is 7.57. The Morgan fingerprint density at radius 1 is 1.40 bits per heavy atom. The molecule has 0 aliphatic carbocycles. The SMILES string of the molecule is CC1CN(S(=O)(=O)CC(=O)O)CC(C)S1. The summed E-state index contributed by atoms with van der Waals surface area (Å²) in [6, 6.07) is 0. The number of hydrogen-bond acceptors (Lipinski definition) is 4. The quantitative estimate of drug-likeness (QED) is 0.779. The number of carbonyl (C=O) groups is 1. The molecule has 0 aromatic rings. The predicted octanol–water partition coefficient (Wildman–Crippen LogP) is 0.227. The first-order valence-electron chi connectivity index (χ1n) is 4.66. The molecular formula is C8H15NO4S2. The summed E-state index contributed by atoms with van der Waals surface area (Å²) < 4.78 is 24.5. The fourth-order valence-electron chi connectivity index (χ4n) is 1.61. The third kappa shape index (κ3) is 3.66. The first-order chi connectivity index (χ1) is 6.81. The summed E-state index contributed by atoms with van der Waals surface area (Å²) >= 11 is 1.73. The van der Waals surface area contributed by atoms with Crippen molar-refractivity contribution in [3.8, 4) is 0 Å². The first-order valence-corrected chi connectivity index (χ1v) is 7.21. The van der Waals surface area contributed by atoms with Gasteiger partial charge >= 0.3 is 5.97 Å². The van der Waals surface area contributed by atoms with Gasteiger partial charge in [0.15, 0.2) is 5.75 Å². The number of aliphatic carboxylic acids is 1. The molecular weight excluding hydrogens is 238 g/mol. The highest BCUT2D eigenvalue weighted by Gasteiger charge is 2.32. The molecule has 0 saturated carbocycles. The van der Waals surface area contributed by atoms with Crippen LogP contribution in [-0.4, -0.2) is 53.1 Å². The second-order valence-electron chi connectivity index (χ2n) is 3.72. The minimum Gasteiger partial charge on any atom is -0.480 e. The maximum absolute atomic E-state index is 11.6. The molecule has 0 bridgehead atoms. The van der Waals surface area contributed by atoms with Gasteiger partial charge in [-0.1, -0.05) is 13.8 Å². The second kappa shape index (κ2) is 4.71. The van der Waals surface area contributed by atoms with E-state index in [2.05, 4.69) is 0 Å². The van der Waals surface area contributed by atoms with Crippen molar-refractivity contribution in [1.82, 2.24) is 4.31 Å². The van der Waals surface area contributed by atoms with Crippen LogP contribution in [-0.2, 0) is 14.8 Å². The zero-order chi connectivity index (χ0) is 11.6. The predicted molar refractivity (Wildman–Crippen MR) is 59.5 cm³/mol. The van der Waals surface area contributed by atoms with Crippen LogP contribution in [0.15, 0.2) is 0 Å². The third-order valence-electron chi connectivity index (χ3n) is 2.09. The minimum atomic E-state index is -3.63. The maximum Gasteiger partial charge on any atom is 0.320 e. The first kappa shape index (κ1) is 12.8. The highest BCUT2D eigenvalue weighted by Crippen LogP contribution is 2.26. The largest absolute Gasteiger partial charge is 0.480 e. The summed E-state index contributed by atoms with van der Waals surface area (Å²) in [5.74, 6) is -2.11. The Hall–Kier alpha value is -0.270. The molecule has 0 aromatic carbocycles. The van der Waals surface area contributed by atoms with Crippen LogP contribution in [0.2, 0.25) is 0 Å². The van der Waals surface area contributed by atoms with Crippen molar-refractivity contribution < 1.29 is 18.3 Å². The molecule has 7 heteroatoms. The van der Waals surface area contributed by atoms with Gasteiger partial charge in [0.05, 0.1) is 0 Å². The number of thioether (sulfide) groups is 1. The summed E-state index contributed by atoms with van der Waals surface area (Å²) in [6.07, 6.45) is 0. The minimum absolute atomic E-state index is 0.220. The van der Waals surface area contributed by atoms with Gasteiger partial charge in [0.25, 0.3) is 0 Å². The molecule has 0 radical (unpaired) electrons. The summed E-state index contributed by atoms with van der Waals surface area (Å²) in [6.45, 7) is 4.71. The van der Waals surface area contributed by atoms with E-state index in [0.717, 1.165) is 0 Å². The lowest BCUT2D eigenvalue weighted by atomic mass is 10.4. The highest BCUT2D eigenvalue weighted by atomic mass is 32.2. The molecule has 2 atom stereocenters. The summed E-state index contributed by atoms with van der Waals surface area (Å²) in [5.41, 5.74) is 0. The fraction of sp³-hybridized carbons (Fsp3) is 0.875. The molecule has 15 heavy (non-hydrogen) atoms. The van der Waals surface area contributed by atoms with Crippen LogP contribution in [0.5, 0.6) is 0 Å². The zero-order valence-electron chi connectivity index (χ0n) is 8.71. The Morgan fingerprint density at radius 2 is 1.87 bits per heavy atom. The van der Waals surface area contributed by atoms with E-state index in [1.807, 2.05) is 13.8 Å². The Labute approximate surface area is 93.9 Å². The van der Waals surface area contributed by atoms with Crippen LogP contribution >= 0.6 is 11.8 Å². The van der Waals surface area contributed by atoms with Crippen molar-refractivity contribution in [2.45, 2.75) is 24.3 Å². The molecule has 1 heterocycles. The number of sulfonamides is 1. The number of carboxylic acid groups (broad SMARTS) is 1. The lowest BCUT2D eigenvalue weighted by Gasteiger charge is -2.33. The van der Waals surface area contributed by atoms with Crippen molar-refractivity contribution in [2.24, 2.45) is 0 Å². The van der Waals surface area contributed by atoms with E-state index in [9.17, 15) is 13.2 Å². The van der Waals surface area contributed by atoms with Crippen molar-refractivity contribution in [2.75, 3.05) is 18.8 Å². The van der Waals surface area contributed by atoms with E-state index >= 15 is 0 Å². The lowest BCUT2D eigenvalue weighted by Crippen LogP contribution is -2.45. The fourth-order valence-corrected chi connectivity index (χ4v) is 4.52. The maximum atomic E-state index is 11.6. The molecule has 0 aromatic heterocycles. The van der Waals surface area contributed by atoms with Crippen LogP contribution in [0.25, 0.3) is 0 Å². The molecule has 1 saturated heterocycles. The van der Waals surface area contributed by atoms with Crippen LogP contribution in [0.1, 0.15) is 13.8 Å². The van der Waals surface area contributed by atoms with Crippen LogP contribution in [0.4, 0.5) is 0 Å². The van der Waals surface area contributed by atoms with Gasteiger partial charge in [-0.15, -0.1) is 0 Å². The van der Waals surface area contributed by atoms with Crippen molar-refractivity contribution in [3.63, 3.8) is 0 Å². The number of rotatable bonds is 3. The molecule has 1 aliphatic heterocycles. The molecule has 2 unspecified atom stereocenters. The molecule has 0 spiro atoms. The van der Waals surface area contributed by atoms with Gasteiger partial charge in [-0.25, -0.2) is 8.42 Å². The number of carboxylic acids is 1. The van der Waals surface area contributed by atoms with Crippen molar-refractivity contribution in [3.05, 3.63) is 0 Å². The topological polar surface area (TPSA) is 74.7 Å². The van der Waals surface area contributed by atoms with Gasteiger partial charge < -0.3 is 5.11 Å². The Morgan fingerprint density at radius 3 is 2.27 bits per heavy atom. The molecule has 1 fully saturated rings. The van der Waals surface area contributed by atoms with E-state index in [1.54, 1.807) is 11.8 Å². The van der Waals surface area contributed by atoms with Gasteiger partial charge in [-0.05, 0) is 0 Å². The van der Waals surface area contributed by atoms with Crippen LogP contribution in [0.3, 0.4) is 0 Å². The van der Waals surface area contributed by atoms with E-state index in [4.69, 9.17) is 5.11 Å². The van der Waals surface area contributed by atoms with Crippen molar-refractivity contribution in [1.29, 1.82) is 0 Å². The Balaban J connectivity index is 2.74. The Kier molecular flexibility index (Phi) is 4.02. The van der Waals surface area contributed by atoms with E-state index in [-0.39, 0.29) is 10.5 Å². The molecule has 1 aliphatic rings. The number of hydrogen-bond donors (Lipinski definition) is 1. The molecule has 1 N–H and O–H groups in total. The smallest absolute Gasteiger partial charge is 0.320 e. The Bertz CT molecular complexity index is 331.